The highest BCUT2D eigenvalue weighted by Gasteiger charge is 2.34. The number of halogens is 3. The first-order valence-corrected chi connectivity index (χ1v) is 9.71. The molecule has 160 valence electrons. The van der Waals surface area contributed by atoms with Gasteiger partial charge in [-0.25, -0.2) is 0 Å². The van der Waals surface area contributed by atoms with Crippen molar-refractivity contribution < 1.29 is 23.1 Å². The summed E-state index contributed by atoms with van der Waals surface area (Å²) in [5, 5.41) is 13.4. The zero-order chi connectivity index (χ0) is 22.6. The van der Waals surface area contributed by atoms with Crippen LogP contribution < -0.4 is 5.32 Å². The molecule has 2 aromatic rings. The summed E-state index contributed by atoms with van der Waals surface area (Å²) in [5.41, 5.74) is 1.58. The summed E-state index contributed by atoms with van der Waals surface area (Å²) in [6.45, 7) is 11.9. The zero-order valence-corrected chi connectivity index (χ0v) is 18.0. The first-order valence-electron chi connectivity index (χ1n) is 9.71. The van der Waals surface area contributed by atoms with Crippen LogP contribution in [0, 0.1) is 0 Å². The summed E-state index contributed by atoms with van der Waals surface area (Å²) in [4.78, 5) is 12.5. The second kappa shape index (κ2) is 6.89. The second-order valence-corrected chi connectivity index (χ2v) is 9.73. The predicted octanol–water partition coefficient (Wildman–Crippen LogP) is 6.50. The number of anilines is 1. The topological polar surface area (TPSA) is 49.3 Å². The number of rotatable bonds is 1. The first kappa shape index (κ1) is 21.9. The van der Waals surface area contributed by atoms with Crippen molar-refractivity contribution in [1.82, 2.24) is 0 Å². The van der Waals surface area contributed by atoms with E-state index in [1.165, 1.54) is 6.07 Å². The van der Waals surface area contributed by atoms with Gasteiger partial charge in [-0.1, -0.05) is 47.6 Å². The Labute approximate surface area is 174 Å². The Morgan fingerprint density at radius 1 is 0.900 bits per heavy atom. The second-order valence-electron chi connectivity index (χ2n) is 9.73. The number of fused-ring (bicyclic) bond motifs is 1. The third-order valence-electron chi connectivity index (χ3n) is 5.19. The fourth-order valence-corrected chi connectivity index (χ4v) is 3.56. The normalized spacial score (nSPS) is 16.0. The van der Waals surface area contributed by atoms with Crippen LogP contribution in [0.4, 0.5) is 18.9 Å². The molecule has 0 radical (unpaired) electrons. The molecule has 1 amide bonds. The molecule has 6 heteroatoms. The van der Waals surface area contributed by atoms with Gasteiger partial charge >= 0.3 is 6.18 Å². The molecule has 0 aliphatic carbocycles. The van der Waals surface area contributed by atoms with Gasteiger partial charge in [0.05, 0.1) is 5.56 Å². The number of carbonyl (C=O) groups is 1. The van der Waals surface area contributed by atoms with Crippen molar-refractivity contribution in [2.24, 2.45) is 0 Å². The van der Waals surface area contributed by atoms with Crippen molar-refractivity contribution >= 4 is 23.2 Å². The zero-order valence-electron chi connectivity index (χ0n) is 18.0. The SMILES string of the molecule is CC(C)(C)c1cc(/C=C2\C(=O)Nc3cc(C(F)(F)F)ccc32)cc(C(C)(C)C)c1O. The number of hydrogen-bond donors (Lipinski definition) is 2. The molecule has 0 aromatic heterocycles. The number of alkyl halides is 3. The lowest BCUT2D eigenvalue weighted by atomic mass is 9.78. The number of phenols is 1. The molecule has 2 aromatic carbocycles. The Bertz CT molecular complexity index is 1020. The molecule has 1 heterocycles. The van der Waals surface area contributed by atoms with Crippen LogP contribution in [0.3, 0.4) is 0 Å². The molecule has 1 aliphatic heterocycles. The van der Waals surface area contributed by atoms with Crippen LogP contribution in [0.15, 0.2) is 30.3 Å². The van der Waals surface area contributed by atoms with Crippen LogP contribution in [0.5, 0.6) is 5.75 Å². The molecular weight excluding hydrogens is 391 g/mol. The third-order valence-corrected chi connectivity index (χ3v) is 5.19. The summed E-state index contributed by atoms with van der Waals surface area (Å²) in [6, 6.07) is 6.90. The lowest BCUT2D eigenvalue weighted by Gasteiger charge is -2.28. The van der Waals surface area contributed by atoms with E-state index in [1.807, 2.05) is 53.7 Å². The lowest BCUT2D eigenvalue weighted by molar-refractivity contribution is -0.137. The maximum absolute atomic E-state index is 13.0. The number of amides is 1. The Kier molecular flexibility index (Phi) is 5.04. The Morgan fingerprint density at radius 2 is 1.43 bits per heavy atom. The van der Waals surface area contributed by atoms with Gasteiger partial charge in [0.15, 0.2) is 0 Å². The van der Waals surface area contributed by atoms with E-state index < -0.39 is 17.6 Å². The van der Waals surface area contributed by atoms with Crippen LogP contribution in [-0.2, 0) is 21.8 Å². The number of benzene rings is 2. The standard InChI is InChI=1S/C24H26F3NO2/c1-22(2,3)17-10-13(11-18(20(17)29)23(4,5)6)9-16-15-8-7-14(24(25,26)27)12-19(15)28-21(16)30/h7-12,29H,1-6H3,(H,28,30)/b16-9-. The van der Waals surface area contributed by atoms with Crippen LogP contribution >= 0.6 is 0 Å². The van der Waals surface area contributed by atoms with Gasteiger partial charge in [-0.15, -0.1) is 0 Å². The van der Waals surface area contributed by atoms with Crippen molar-refractivity contribution in [3.8, 4) is 5.75 Å². The lowest BCUT2D eigenvalue weighted by Crippen LogP contribution is -2.17. The van der Waals surface area contributed by atoms with Crippen molar-refractivity contribution in [3.63, 3.8) is 0 Å². The molecule has 3 rings (SSSR count). The summed E-state index contributed by atoms with van der Waals surface area (Å²) >= 11 is 0. The fourth-order valence-electron chi connectivity index (χ4n) is 3.56. The Hall–Kier alpha value is -2.76. The van der Waals surface area contributed by atoms with Crippen LogP contribution in [0.1, 0.15) is 69.4 Å². The maximum atomic E-state index is 13.0. The molecule has 1 aliphatic rings. The van der Waals surface area contributed by atoms with Crippen LogP contribution in [0.25, 0.3) is 11.6 Å². The Balaban J connectivity index is 2.18. The Morgan fingerprint density at radius 3 is 1.90 bits per heavy atom. The van der Waals surface area contributed by atoms with E-state index in [2.05, 4.69) is 5.32 Å². The van der Waals surface area contributed by atoms with Gasteiger partial charge < -0.3 is 10.4 Å². The van der Waals surface area contributed by atoms with Crippen LogP contribution in [-0.4, -0.2) is 11.0 Å². The van der Waals surface area contributed by atoms with E-state index in [0.29, 0.717) is 16.7 Å². The summed E-state index contributed by atoms with van der Waals surface area (Å²) < 4.78 is 39.0. The fraction of sp³-hybridized carbons (Fsp3) is 0.375. The number of hydrogen-bond acceptors (Lipinski definition) is 2. The quantitative estimate of drug-likeness (QED) is 0.521. The van der Waals surface area contributed by atoms with E-state index in [1.54, 1.807) is 6.08 Å². The van der Waals surface area contributed by atoms with Crippen molar-refractivity contribution in [2.45, 2.75) is 58.5 Å². The predicted molar refractivity (Wildman–Crippen MR) is 113 cm³/mol. The minimum atomic E-state index is -4.48. The molecule has 30 heavy (non-hydrogen) atoms. The molecule has 0 atom stereocenters. The smallest absolute Gasteiger partial charge is 0.416 e. The minimum absolute atomic E-state index is 0.145. The molecule has 0 saturated heterocycles. The van der Waals surface area contributed by atoms with Gasteiger partial charge in [-0.2, -0.15) is 13.2 Å². The molecule has 3 nitrogen and oxygen atoms in total. The molecule has 0 unspecified atom stereocenters. The van der Waals surface area contributed by atoms with E-state index in [0.717, 1.165) is 23.3 Å². The van der Waals surface area contributed by atoms with Gasteiger partial charge in [0.1, 0.15) is 5.75 Å². The minimum Gasteiger partial charge on any atom is -0.507 e. The van der Waals surface area contributed by atoms with Gasteiger partial charge in [0.2, 0.25) is 0 Å². The van der Waals surface area contributed by atoms with E-state index in [-0.39, 0.29) is 22.3 Å². The highest BCUT2D eigenvalue weighted by Crippen LogP contribution is 2.42. The highest BCUT2D eigenvalue weighted by molar-refractivity contribution is 6.35. The van der Waals surface area contributed by atoms with E-state index in [4.69, 9.17) is 0 Å². The average Bonchev–Trinajstić information content (AvgIpc) is 2.88. The monoisotopic (exact) mass is 417 g/mol. The number of carbonyl (C=O) groups excluding carboxylic acids is 1. The highest BCUT2D eigenvalue weighted by atomic mass is 19.4. The van der Waals surface area contributed by atoms with Gasteiger partial charge in [-0.3, -0.25) is 4.79 Å². The van der Waals surface area contributed by atoms with Crippen molar-refractivity contribution in [3.05, 3.63) is 58.1 Å². The van der Waals surface area contributed by atoms with Crippen LogP contribution in [0.2, 0.25) is 0 Å². The summed E-state index contributed by atoms with van der Waals surface area (Å²) in [7, 11) is 0. The molecule has 0 spiro atoms. The van der Waals surface area contributed by atoms with Gasteiger partial charge in [0.25, 0.3) is 5.91 Å². The van der Waals surface area contributed by atoms with Crippen molar-refractivity contribution in [2.75, 3.05) is 5.32 Å². The molecular formula is C24H26F3NO2. The molecule has 0 saturated carbocycles. The average molecular weight is 417 g/mol. The maximum Gasteiger partial charge on any atom is 0.416 e. The van der Waals surface area contributed by atoms with Gasteiger partial charge in [-0.05, 0) is 46.7 Å². The largest absolute Gasteiger partial charge is 0.507 e. The van der Waals surface area contributed by atoms with E-state index >= 15 is 0 Å². The molecule has 2 N–H and O–H groups in total. The third kappa shape index (κ3) is 4.09. The summed E-state index contributed by atoms with van der Waals surface area (Å²) in [6.07, 6.45) is -2.81. The first-order chi connectivity index (χ1) is 13.6. The number of phenolic OH excluding ortho intramolecular Hbond substituents is 1. The number of aromatic hydroxyl groups is 1. The number of nitrogens with one attached hydrogen (secondary N) is 1. The molecule has 0 fully saturated rings. The van der Waals surface area contributed by atoms with Crippen molar-refractivity contribution in [1.29, 1.82) is 0 Å². The molecule has 0 bridgehead atoms. The summed E-state index contributed by atoms with van der Waals surface area (Å²) in [5.74, 6) is -0.227. The van der Waals surface area contributed by atoms with E-state index in [9.17, 15) is 23.1 Å². The van der Waals surface area contributed by atoms with Gasteiger partial charge in [0, 0.05) is 28.0 Å².